The molecule has 0 atom stereocenters. The Hall–Kier alpha value is -1.83. The van der Waals surface area contributed by atoms with E-state index in [-0.39, 0.29) is 5.41 Å². The van der Waals surface area contributed by atoms with Gasteiger partial charge in [-0.2, -0.15) is 35.5 Å². The van der Waals surface area contributed by atoms with Crippen molar-refractivity contribution in [2.75, 3.05) is 0 Å². The van der Waals surface area contributed by atoms with Crippen molar-refractivity contribution in [3.63, 3.8) is 0 Å². The predicted octanol–water partition coefficient (Wildman–Crippen LogP) is 10.3. The first-order chi connectivity index (χ1) is 19.6. The first-order valence-electron chi connectivity index (χ1n) is 14.2. The van der Waals surface area contributed by atoms with Crippen LogP contribution in [0.5, 0.6) is 0 Å². The van der Waals surface area contributed by atoms with Crippen LogP contribution in [0.15, 0.2) is 91.0 Å². The van der Waals surface area contributed by atoms with Crippen LogP contribution in [0.2, 0.25) is 0 Å². The molecule has 0 N–H and O–H groups in total. The normalized spacial score (nSPS) is 11.8. The Morgan fingerprint density at radius 1 is 0.780 bits per heavy atom. The molecule has 0 aliphatic carbocycles. The number of halogens is 2. The van der Waals surface area contributed by atoms with Gasteiger partial charge in [0.2, 0.25) is 0 Å². The van der Waals surface area contributed by atoms with Gasteiger partial charge in [-0.05, 0) is 28.4 Å². The van der Waals surface area contributed by atoms with Gasteiger partial charge in [-0.15, -0.1) is 40.1 Å². The van der Waals surface area contributed by atoms with Crippen LogP contribution in [-0.2, 0) is 26.3 Å². The van der Waals surface area contributed by atoms with E-state index in [0.717, 1.165) is 9.52 Å². The maximum atomic E-state index is 4.93. The van der Waals surface area contributed by atoms with E-state index in [1.165, 1.54) is 60.1 Å². The van der Waals surface area contributed by atoms with Gasteiger partial charge >= 0.3 is 37.9 Å². The molecule has 0 spiro atoms. The average molecular weight is 673 g/mol. The summed E-state index contributed by atoms with van der Waals surface area (Å²) in [4.78, 5) is 0. The molecular formula is C37H38Cl2SiZr. The molecule has 41 heavy (non-hydrogen) atoms. The second-order valence-electron chi connectivity index (χ2n) is 12.1. The Balaban J connectivity index is 0.000000200. The van der Waals surface area contributed by atoms with Crippen LogP contribution >= 0.6 is 17.0 Å². The molecule has 1 aliphatic rings. The van der Waals surface area contributed by atoms with E-state index >= 15 is 0 Å². The third-order valence-electron chi connectivity index (χ3n) is 7.57. The molecule has 0 unspecified atom stereocenters. The third-order valence-corrected chi connectivity index (χ3v) is 8.94. The van der Waals surface area contributed by atoms with Crippen molar-refractivity contribution >= 4 is 47.7 Å². The first-order valence-corrected chi connectivity index (χ1v) is 21.6. The van der Waals surface area contributed by atoms with Gasteiger partial charge in [0.15, 0.2) is 0 Å². The largest absolute Gasteiger partial charge is 0.184 e. The summed E-state index contributed by atoms with van der Waals surface area (Å²) in [5, 5.41) is 5.60. The van der Waals surface area contributed by atoms with Crippen LogP contribution in [0.25, 0.3) is 33.0 Å². The minimum Gasteiger partial charge on any atom is -0.184 e. The zero-order valence-corrected chi connectivity index (χ0v) is 30.0. The van der Waals surface area contributed by atoms with Gasteiger partial charge in [0.1, 0.15) is 0 Å². The van der Waals surface area contributed by atoms with Crippen molar-refractivity contribution in [2.24, 2.45) is 0 Å². The van der Waals surface area contributed by atoms with E-state index in [2.05, 4.69) is 139 Å². The van der Waals surface area contributed by atoms with Gasteiger partial charge < -0.3 is 0 Å². The van der Waals surface area contributed by atoms with Gasteiger partial charge in [-0.3, -0.25) is 0 Å². The Labute approximate surface area is 268 Å². The fourth-order valence-corrected chi connectivity index (χ4v) is 6.82. The number of benzene rings is 4. The maximum absolute atomic E-state index is 4.93. The molecule has 0 nitrogen and oxygen atoms in total. The Morgan fingerprint density at radius 3 is 2.07 bits per heavy atom. The van der Waals surface area contributed by atoms with Crippen LogP contribution in [0.4, 0.5) is 0 Å². The fraction of sp³-hybridized carbons (Fsp3) is 0.270. The topological polar surface area (TPSA) is 0 Å². The molecule has 2 radical (unpaired) electrons. The van der Waals surface area contributed by atoms with Crippen LogP contribution in [0.1, 0.15) is 77.0 Å². The van der Waals surface area contributed by atoms with Gasteiger partial charge in [0, 0.05) is 0 Å². The van der Waals surface area contributed by atoms with E-state index < -0.39 is 20.8 Å². The number of rotatable bonds is 3. The minimum atomic E-state index is -0.826. The van der Waals surface area contributed by atoms with Crippen molar-refractivity contribution in [2.45, 2.75) is 65.7 Å². The van der Waals surface area contributed by atoms with Crippen LogP contribution in [0.3, 0.4) is 0 Å². The molecule has 1 aliphatic heterocycles. The summed E-state index contributed by atoms with van der Waals surface area (Å²) >= 11 is -0.826. The van der Waals surface area contributed by atoms with Crippen molar-refractivity contribution in [1.29, 1.82) is 0 Å². The standard InChI is InChI=1S/C25H31.C12H7Si.2ClH.Zr/c1-16(2)19-14-18-12-13-23(25(5,6)7)24(22(18)15-19)21-11-9-8-10-20(21)17(3)4;1-3-7-11-9(5-1)10-6-2-4-8-12(10)13-11;;;/h8-17H,1-7H3;1-7H;2*1H;/q2*-1;;;+4/p-2. The van der Waals surface area contributed by atoms with Gasteiger partial charge in [0.05, 0.1) is 9.52 Å². The molecule has 0 fully saturated rings. The molecule has 0 amide bonds. The molecule has 5 aromatic rings. The number of hydrogen-bond donors (Lipinski definition) is 0. The van der Waals surface area contributed by atoms with Crippen molar-refractivity contribution in [3.05, 3.63) is 114 Å². The van der Waals surface area contributed by atoms with Gasteiger partial charge in [0.25, 0.3) is 0 Å². The van der Waals surface area contributed by atoms with Crippen LogP contribution in [0, 0.1) is 6.07 Å². The second kappa shape index (κ2) is 14.1. The summed E-state index contributed by atoms with van der Waals surface area (Å²) in [6.07, 6.45) is 0. The van der Waals surface area contributed by atoms with E-state index in [1.807, 2.05) is 6.07 Å². The Kier molecular flexibility index (Phi) is 11.0. The SMILES string of the molecule is CC(C)c1cc2c(-c3ccccc3C(C)C)c(C(C)(C)C)ccc2[cH-]1.[Cl][Zr+2][Cl].[c-]1cccc2c1[Si]c1ccccc1-2. The summed E-state index contributed by atoms with van der Waals surface area (Å²) < 4.78 is 0. The van der Waals surface area contributed by atoms with E-state index in [9.17, 15) is 0 Å². The molecule has 4 heteroatoms. The maximum Gasteiger partial charge on any atom is 0.0920 e. The molecule has 208 valence electrons. The zero-order chi connectivity index (χ0) is 29.7. The smallest absolute Gasteiger partial charge is 0.0920 e. The quantitative estimate of drug-likeness (QED) is 0.130. The van der Waals surface area contributed by atoms with Gasteiger partial charge in [-0.1, -0.05) is 119 Å². The molecule has 6 rings (SSSR count). The molecular weight excluding hydrogens is 635 g/mol. The Bertz CT molecular complexity index is 1560. The van der Waals surface area contributed by atoms with Crippen LogP contribution in [-0.4, -0.2) is 9.52 Å². The van der Waals surface area contributed by atoms with Gasteiger partial charge in [-0.25, -0.2) is 0 Å². The summed E-state index contributed by atoms with van der Waals surface area (Å²) in [6.45, 7) is 16.1. The third kappa shape index (κ3) is 7.40. The average Bonchev–Trinajstić information content (AvgIpc) is 3.55. The fourth-order valence-electron chi connectivity index (χ4n) is 5.51. The molecule has 0 saturated carbocycles. The van der Waals surface area contributed by atoms with Crippen molar-refractivity contribution in [3.8, 4) is 22.3 Å². The van der Waals surface area contributed by atoms with Crippen molar-refractivity contribution in [1.82, 2.24) is 0 Å². The number of hydrogen-bond acceptors (Lipinski definition) is 0. The first kappa shape index (κ1) is 32.1. The Morgan fingerprint density at radius 2 is 1.41 bits per heavy atom. The van der Waals surface area contributed by atoms with Crippen molar-refractivity contribution < 1.29 is 20.8 Å². The molecule has 5 aromatic carbocycles. The summed E-state index contributed by atoms with van der Waals surface area (Å²) in [7, 11) is 10.7. The molecule has 0 aromatic heterocycles. The van der Waals surface area contributed by atoms with E-state index in [4.69, 9.17) is 17.0 Å². The molecule has 0 saturated heterocycles. The molecule has 0 bridgehead atoms. The van der Waals surface area contributed by atoms with E-state index in [0.29, 0.717) is 11.8 Å². The minimum absolute atomic E-state index is 0.114. The number of fused-ring (bicyclic) bond motifs is 4. The summed E-state index contributed by atoms with van der Waals surface area (Å²) in [6, 6.07) is 36.6. The van der Waals surface area contributed by atoms with Crippen LogP contribution < -0.4 is 10.4 Å². The predicted molar refractivity (Wildman–Crippen MR) is 179 cm³/mol. The molecule has 1 heterocycles. The summed E-state index contributed by atoms with van der Waals surface area (Å²) in [5.41, 5.74) is 10.0. The van der Waals surface area contributed by atoms with E-state index in [1.54, 1.807) is 0 Å². The summed E-state index contributed by atoms with van der Waals surface area (Å²) in [5.74, 6) is 1.07. The second-order valence-corrected chi connectivity index (χ2v) is 17.1. The monoisotopic (exact) mass is 670 g/mol. The zero-order valence-electron chi connectivity index (χ0n) is 25.1.